The molecule has 4 aromatic rings. The fraction of sp³-hybridized carbons (Fsp3) is 0.120. The van der Waals surface area contributed by atoms with Gasteiger partial charge in [-0.05, 0) is 78.9 Å². The predicted molar refractivity (Wildman–Crippen MR) is 133 cm³/mol. The molecule has 0 bridgehead atoms. The Kier molecular flexibility index (Phi) is 5.91. The van der Waals surface area contributed by atoms with Gasteiger partial charge in [0.25, 0.3) is 0 Å². The standard InChI is InChI=1S/C25H18BrF3N4S/c26-17-9-11-18(12-10-17)33-23(22(31-24(33)34)20-7-1-2-13-30-20)21-8-4-14-32(21)19-6-3-5-16(15-19)25(27,28)29/h1-15,22-23H,(H,31,34)/t22-,23-/m1/s1. The number of alkyl halides is 3. The van der Waals surface area contributed by atoms with Crippen molar-refractivity contribution in [2.75, 3.05) is 4.90 Å². The first kappa shape index (κ1) is 22.6. The Bertz CT molecular complexity index is 1320. The smallest absolute Gasteiger partial charge is 0.351 e. The van der Waals surface area contributed by atoms with E-state index in [0.29, 0.717) is 10.8 Å². The largest absolute Gasteiger partial charge is 0.416 e. The summed E-state index contributed by atoms with van der Waals surface area (Å²) in [4.78, 5) is 6.52. The van der Waals surface area contributed by atoms with Crippen molar-refractivity contribution in [2.45, 2.75) is 18.3 Å². The van der Waals surface area contributed by atoms with Crippen LogP contribution in [0.15, 0.2) is 95.7 Å². The minimum atomic E-state index is -4.43. The predicted octanol–water partition coefficient (Wildman–Crippen LogP) is 6.83. The van der Waals surface area contributed by atoms with Crippen molar-refractivity contribution < 1.29 is 13.2 Å². The number of nitrogens with zero attached hydrogens (tertiary/aromatic N) is 3. The van der Waals surface area contributed by atoms with Gasteiger partial charge in [-0.1, -0.05) is 28.1 Å². The summed E-state index contributed by atoms with van der Waals surface area (Å²) < 4.78 is 42.9. The van der Waals surface area contributed by atoms with Gasteiger partial charge < -0.3 is 14.8 Å². The lowest BCUT2D eigenvalue weighted by Crippen LogP contribution is -2.30. The second kappa shape index (κ2) is 8.88. The number of hydrogen-bond acceptors (Lipinski definition) is 2. The van der Waals surface area contributed by atoms with Crippen LogP contribution in [-0.4, -0.2) is 14.7 Å². The van der Waals surface area contributed by atoms with Crippen molar-refractivity contribution in [3.05, 3.63) is 113 Å². The molecule has 2 aromatic carbocycles. The highest BCUT2D eigenvalue weighted by molar-refractivity contribution is 9.10. The van der Waals surface area contributed by atoms with Crippen molar-refractivity contribution in [3.8, 4) is 5.69 Å². The molecule has 2 atom stereocenters. The van der Waals surface area contributed by atoms with Crippen LogP contribution in [0.1, 0.15) is 29.0 Å². The molecule has 34 heavy (non-hydrogen) atoms. The van der Waals surface area contributed by atoms with Gasteiger partial charge in [0.15, 0.2) is 5.11 Å². The van der Waals surface area contributed by atoms with Gasteiger partial charge in [0, 0.05) is 33.9 Å². The molecule has 0 saturated carbocycles. The highest BCUT2D eigenvalue weighted by Gasteiger charge is 2.42. The van der Waals surface area contributed by atoms with E-state index in [4.69, 9.17) is 12.2 Å². The Balaban J connectivity index is 1.66. The third-order valence-electron chi connectivity index (χ3n) is 5.74. The molecule has 1 saturated heterocycles. The zero-order chi connectivity index (χ0) is 23.9. The molecule has 0 aliphatic carbocycles. The number of benzene rings is 2. The van der Waals surface area contributed by atoms with E-state index in [9.17, 15) is 13.2 Å². The van der Waals surface area contributed by atoms with Crippen LogP contribution in [0.2, 0.25) is 0 Å². The SMILES string of the molecule is FC(F)(F)c1cccc(-n2cccc2[C@@H]2[C@@H](c3ccccn3)NC(=S)N2c2ccc(Br)cc2)c1. The van der Waals surface area contributed by atoms with E-state index in [2.05, 4.69) is 26.2 Å². The van der Waals surface area contributed by atoms with Crippen LogP contribution in [0, 0.1) is 0 Å². The normalized spacial score (nSPS) is 18.2. The molecule has 0 unspecified atom stereocenters. The first-order valence-electron chi connectivity index (χ1n) is 10.4. The van der Waals surface area contributed by atoms with Crippen molar-refractivity contribution in [2.24, 2.45) is 0 Å². The van der Waals surface area contributed by atoms with Crippen molar-refractivity contribution in [3.63, 3.8) is 0 Å². The topological polar surface area (TPSA) is 33.1 Å². The Morgan fingerprint density at radius 3 is 2.41 bits per heavy atom. The second-order valence-corrected chi connectivity index (χ2v) is 9.13. The lowest BCUT2D eigenvalue weighted by atomic mass is 10.0. The summed E-state index contributed by atoms with van der Waals surface area (Å²) in [6.07, 6.45) is -0.952. The molecule has 3 heterocycles. The lowest BCUT2D eigenvalue weighted by Gasteiger charge is -2.29. The monoisotopic (exact) mass is 542 g/mol. The van der Waals surface area contributed by atoms with Crippen LogP contribution in [0.5, 0.6) is 0 Å². The molecular weight excluding hydrogens is 525 g/mol. The maximum absolute atomic E-state index is 13.4. The van der Waals surface area contributed by atoms with Gasteiger partial charge >= 0.3 is 6.18 Å². The third kappa shape index (κ3) is 4.21. The Morgan fingerprint density at radius 1 is 0.912 bits per heavy atom. The number of aromatic nitrogens is 2. The van der Waals surface area contributed by atoms with E-state index >= 15 is 0 Å². The average Bonchev–Trinajstić information content (AvgIpc) is 3.44. The number of halogens is 4. The molecule has 1 aliphatic rings. The van der Waals surface area contributed by atoms with Crippen LogP contribution < -0.4 is 10.2 Å². The molecular formula is C25H18BrF3N4S. The van der Waals surface area contributed by atoms with Gasteiger partial charge in [-0.25, -0.2) is 0 Å². The summed E-state index contributed by atoms with van der Waals surface area (Å²) in [5.74, 6) is 0. The van der Waals surface area contributed by atoms with Gasteiger partial charge in [0.2, 0.25) is 0 Å². The van der Waals surface area contributed by atoms with Gasteiger partial charge in [-0.2, -0.15) is 13.2 Å². The van der Waals surface area contributed by atoms with Crippen LogP contribution in [0.3, 0.4) is 0 Å². The van der Waals surface area contributed by atoms with Crippen LogP contribution in [0.25, 0.3) is 5.69 Å². The molecule has 9 heteroatoms. The lowest BCUT2D eigenvalue weighted by molar-refractivity contribution is -0.137. The number of nitrogens with one attached hydrogen (secondary N) is 1. The third-order valence-corrected chi connectivity index (χ3v) is 6.58. The zero-order valence-electron chi connectivity index (χ0n) is 17.6. The number of pyridine rings is 1. The van der Waals surface area contributed by atoms with Gasteiger partial charge in [-0.15, -0.1) is 0 Å². The molecule has 4 nitrogen and oxygen atoms in total. The first-order valence-corrected chi connectivity index (χ1v) is 11.6. The molecule has 2 aromatic heterocycles. The number of hydrogen-bond donors (Lipinski definition) is 1. The van der Waals surface area contributed by atoms with Crippen LogP contribution >= 0.6 is 28.1 Å². The second-order valence-electron chi connectivity index (χ2n) is 7.82. The van der Waals surface area contributed by atoms with Gasteiger partial charge in [0.1, 0.15) is 6.04 Å². The fourth-order valence-corrected chi connectivity index (χ4v) is 4.85. The van der Waals surface area contributed by atoms with E-state index in [1.807, 2.05) is 59.5 Å². The zero-order valence-corrected chi connectivity index (χ0v) is 20.0. The van der Waals surface area contributed by atoms with Gasteiger partial charge in [-0.3, -0.25) is 4.98 Å². The number of anilines is 1. The molecule has 1 N–H and O–H groups in total. The van der Waals surface area contributed by atoms with E-state index < -0.39 is 11.7 Å². The quantitative estimate of drug-likeness (QED) is 0.286. The molecule has 0 amide bonds. The maximum atomic E-state index is 13.4. The summed E-state index contributed by atoms with van der Waals surface area (Å²) in [5.41, 5.74) is 2.15. The highest BCUT2D eigenvalue weighted by Crippen LogP contribution is 2.42. The Morgan fingerprint density at radius 2 is 1.71 bits per heavy atom. The van der Waals surface area contributed by atoms with Crippen molar-refractivity contribution >= 4 is 38.9 Å². The van der Waals surface area contributed by atoms with E-state index in [-0.39, 0.29) is 12.1 Å². The summed E-state index contributed by atoms with van der Waals surface area (Å²) in [5, 5.41) is 3.89. The van der Waals surface area contributed by atoms with Crippen LogP contribution in [0.4, 0.5) is 18.9 Å². The Hall–Kier alpha value is -3.17. The Labute approximate surface area is 208 Å². The molecule has 1 aliphatic heterocycles. The van der Waals surface area contributed by atoms with Crippen LogP contribution in [-0.2, 0) is 6.18 Å². The molecule has 5 rings (SSSR count). The fourth-order valence-electron chi connectivity index (χ4n) is 4.24. The summed E-state index contributed by atoms with van der Waals surface area (Å²) in [7, 11) is 0. The molecule has 1 fully saturated rings. The van der Waals surface area contributed by atoms with E-state index in [1.54, 1.807) is 23.0 Å². The molecule has 172 valence electrons. The van der Waals surface area contributed by atoms with Crippen molar-refractivity contribution in [1.29, 1.82) is 0 Å². The average molecular weight is 543 g/mol. The first-order chi connectivity index (χ1) is 16.3. The number of rotatable bonds is 4. The summed E-state index contributed by atoms with van der Waals surface area (Å²) in [6, 6.07) is 21.8. The van der Waals surface area contributed by atoms with Gasteiger partial charge in [0.05, 0.1) is 17.3 Å². The summed E-state index contributed by atoms with van der Waals surface area (Å²) >= 11 is 9.19. The summed E-state index contributed by atoms with van der Waals surface area (Å²) in [6.45, 7) is 0. The molecule has 0 spiro atoms. The molecule has 0 radical (unpaired) electrons. The van der Waals surface area contributed by atoms with Crippen molar-refractivity contribution in [1.82, 2.24) is 14.9 Å². The minimum Gasteiger partial charge on any atom is -0.351 e. The number of thiocarbonyl (C=S) groups is 1. The highest BCUT2D eigenvalue weighted by atomic mass is 79.9. The minimum absolute atomic E-state index is 0.309. The van der Waals surface area contributed by atoms with E-state index in [1.165, 1.54) is 6.07 Å². The maximum Gasteiger partial charge on any atom is 0.416 e. The van der Waals surface area contributed by atoms with E-state index in [0.717, 1.165) is 33.7 Å².